The molecule has 1 aromatic carbocycles. The molecule has 0 N–H and O–H groups in total. The first-order chi connectivity index (χ1) is 8.19. The van der Waals surface area contributed by atoms with Gasteiger partial charge in [0.25, 0.3) is 0 Å². The molecule has 17 heavy (non-hydrogen) atoms. The smallest absolute Gasteiger partial charge is 0.341 e. The van der Waals surface area contributed by atoms with Gasteiger partial charge in [-0.05, 0) is 25.1 Å². The maximum absolute atomic E-state index is 13.4. The Bertz CT molecular complexity index is 460. The molecule has 0 fully saturated rings. The van der Waals surface area contributed by atoms with Gasteiger partial charge in [-0.15, -0.1) is 0 Å². The second-order valence-corrected chi connectivity index (χ2v) is 3.64. The fourth-order valence-corrected chi connectivity index (χ4v) is 1.30. The predicted molar refractivity (Wildman–Crippen MR) is 67.7 cm³/mol. The van der Waals surface area contributed by atoms with Crippen molar-refractivity contribution in [2.75, 3.05) is 12.4 Å². The van der Waals surface area contributed by atoms with Gasteiger partial charge in [0.1, 0.15) is 5.82 Å². The van der Waals surface area contributed by atoms with Gasteiger partial charge >= 0.3 is 5.97 Å². The molecule has 0 heterocycles. The lowest BCUT2D eigenvalue weighted by Gasteiger charge is -2.03. The summed E-state index contributed by atoms with van der Waals surface area (Å²) >= 11 is 4.03. The van der Waals surface area contributed by atoms with E-state index in [2.05, 4.69) is 24.5 Å². The Balaban J connectivity index is 2.95. The lowest BCUT2D eigenvalue weighted by molar-refractivity contribution is 0.0521. The van der Waals surface area contributed by atoms with E-state index in [4.69, 9.17) is 4.74 Å². The fourth-order valence-electron chi connectivity index (χ4n) is 1.19. The van der Waals surface area contributed by atoms with E-state index < -0.39 is 11.8 Å². The third kappa shape index (κ3) is 4.12. The van der Waals surface area contributed by atoms with Crippen molar-refractivity contribution in [1.82, 2.24) is 0 Å². The molecule has 0 radical (unpaired) electrons. The molecular weight excluding hydrogens is 239 g/mol. The molecule has 0 aromatic heterocycles. The van der Waals surface area contributed by atoms with Crippen LogP contribution in [0.3, 0.4) is 0 Å². The molecular formula is C13H13FO2S. The van der Waals surface area contributed by atoms with Crippen LogP contribution in [0.25, 0.3) is 0 Å². The summed E-state index contributed by atoms with van der Waals surface area (Å²) in [6.07, 6.45) is 0.648. The number of rotatable bonds is 3. The van der Waals surface area contributed by atoms with E-state index in [0.717, 1.165) is 0 Å². The minimum atomic E-state index is -0.664. The molecule has 0 aliphatic rings. The highest BCUT2D eigenvalue weighted by atomic mass is 32.1. The minimum absolute atomic E-state index is 0.0791. The number of carbonyl (C=O) groups is 1. The van der Waals surface area contributed by atoms with Crippen molar-refractivity contribution in [1.29, 1.82) is 0 Å². The van der Waals surface area contributed by atoms with Crippen molar-refractivity contribution in [3.8, 4) is 11.8 Å². The molecule has 0 saturated carbocycles. The first kappa shape index (κ1) is 13.6. The Morgan fingerprint density at radius 3 is 2.94 bits per heavy atom. The lowest BCUT2D eigenvalue weighted by atomic mass is 10.1. The third-order valence-electron chi connectivity index (χ3n) is 1.93. The highest BCUT2D eigenvalue weighted by Crippen LogP contribution is 2.11. The number of hydrogen-bond donors (Lipinski definition) is 1. The van der Waals surface area contributed by atoms with E-state index in [1.807, 2.05) is 0 Å². The Morgan fingerprint density at radius 1 is 1.53 bits per heavy atom. The zero-order chi connectivity index (χ0) is 12.7. The van der Waals surface area contributed by atoms with Crippen LogP contribution in [0.4, 0.5) is 4.39 Å². The van der Waals surface area contributed by atoms with E-state index >= 15 is 0 Å². The highest BCUT2D eigenvalue weighted by Gasteiger charge is 2.12. The Kier molecular flexibility index (Phi) is 5.58. The van der Waals surface area contributed by atoms with Gasteiger partial charge in [-0.3, -0.25) is 0 Å². The van der Waals surface area contributed by atoms with E-state index in [1.54, 1.807) is 6.92 Å². The number of hydrogen-bond acceptors (Lipinski definition) is 3. The van der Waals surface area contributed by atoms with Gasteiger partial charge in [-0.1, -0.05) is 11.8 Å². The molecule has 0 aliphatic heterocycles. The van der Waals surface area contributed by atoms with E-state index in [1.165, 1.54) is 18.2 Å². The monoisotopic (exact) mass is 252 g/mol. The Hall–Kier alpha value is -1.47. The minimum Gasteiger partial charge on any atom is -0.462 e. The molecule has 90 valence electrons. The van der Waals surface area contributed by atoms with Crippen LogP contribution in [-0.4, -0.2) is 18.3 Å². The van der Waals surface area contributed by atoms with Crippen LogP contribution >= 0.6 is 12.6 Å². The molecule has 0 spiro atoms. The number of esters is 1. The Labute approximate surface area is 106 Å². The molecule has 0 atom stereocenters. The van der Waals surface area contributed by atoms with Crippen molar-refractivity contribution in [2.45, 2.75) is 13.3 Å². The van der Waals surface area contributed by atoms with Crippen molar-refractivity contribution in [3.63, 3.8) is 0 Å². The highest BCUT2D eigenvalue weighted by molar-refractivity contribution is 7.80. The molecule has 2 nitrogen and oxygen atoms in total. The normalized spacial score (nSPS) is 9.35. The van der Waals surface area contributed by atoms with Gasteiger partial charge in [-0.2, -0.15) is 12.6 Å². The quantitative estimate of drug-likeness (QED) is 0.508. The van der Waals surface area contributed by atoms with Gasteiger partial charge in [0.15, 0.2) is 0 Å². The van der Waals surface area contributed by atoms with Crippen molar-refractivity contribution in [2.24, 2.45) is 0 Å². The maximum Gasteiger partial charge on any atom is 0.341 e. The predicted octanol–water partition coefficient (Wildman–Crippen LogP) is 2.67. The van der Waals surface area contributed by atoms with Gasteiger partial charge in [-0.25, -0.2) is 9.18 Å². The summed E-state index contributed by atoms with van der Waals surface area (Å²) in [5, 5.41) is 0. The molecule has 0 unspecified atom stereocenters. The number of ether oxygens (including phenoxy) is 1. The average Bonchev–Trinajstić information content (AvgIpc) is 2.32. The summed E-state index contributed by atoms with van der Waals surface area (Å²) in [6, 6.07) is 4.15. The molecule has 1 aromatic rings. The second-order valence-electron chi connectivity index (χ2n) is 3.19. The third-order valence-corrected chi connectivity index (χ3v) is 2.15. The molecule has 4 heteroatoms. The molecule has 0 aliphatic carbocycles. The van der Waals surface area contributed by atoms with Crippen LogP contribution in [0.5, 0.6) is 0 Å². The number of halogens is 1. The van der Waals surface area contributed by atoms with Crippen molar-refractivity contribution < 1.29 is 13.9 Å². The molecule has 0 saturated heterocycles. The topological polar surface area (TPSA) is 26.3 Å². The zero-order valence-corrected chi connectivity index (χ0v) is 10.4. The van der Waals surface area contributed by atoms with Crippen LogP contribution in [0.15, 0.2) is 18.2 Å². The molecule has 0 bridgehead atoms. The SMILES string of the molecule is CCOC(=O)c1cc(C#CCCS)ccc1F. The summed E-state index contributed by atoms with van der Waals surface area (Å²) < 4.78 is 18.1. The Morgan fingerprint density at radius 2 is 2.29 bits per heavy atom. The summed E-state index contributed by atoms with van der Waals surface area (Å²) in [6.45, 7) is 1.89. The van der Waals surface area contributed by atoms with Gasteiger partial charge in [0, 0.05) is 17.7 Å². The molecule has 0 amide bonds. The fraction of sp³-hybridized carbons (Fsp3) is 0.308. The van der Waals surface area contributed by atoms with Gasteiger partial charge < -0.3 is 4.74 Å². The van der Waals surface area contributed by atoms with Gasteiger partial charge in [0.05, 0.1) is 12.2 Å². The number of thiol groups is 1. The number of carbonyl (C=O) groups excluding carboxylic acids is 1. The van der Waals surface area contributed by atoms with Crippen LogP contribution in [0, 0.1) is 17.7 Å². The first-order valence-electron chi connectivity index (χ1n) is 5.25. The number of benzene rings is 1. The van der Waals surface area contributed by atoms with Crippen LogP contribution in [-0.2, 0) is 4.74 Å². The average molecular weight is 252 g/mol. The van der Waals surface area contributed by atoms with Crippen LogP contribution in [0.1, 0.15) is 29.3 Å². The largest absolute Gasteiger partial charge is 0.462 e. The van der Waals surface area contributed by atoms with E-state index in [-0.39, 0.29) is 12.2 Å². The van der Waals surface area contributed by atoms with Crippen LogP contribution in [0.2, 0.25) is 0 Å². The maximum atomic E-state index is 13.4. The summed E-state index contributed by atoms with van der Waals surface area (Å²) in [4.78, 5) is 11.4. The standard InChI is InChI=1S/C13H13FO2S/c1-2-16-13(15)11-9-10(5-3-4-8-17)6-7-12(11)14/h6-7,9,17H,2,4,8H2,1H3. The molecule has 1 rings (SSSR count). The van der Waals surface area contributed by atoms with Gasteiger partial charge in [0.2, 0.25) is 0 Å². The van der Waals surface area contributed by atoms with Crippen molar-refractivity contribution >= 4 is 18.6 Å². The van der Waals surface area contributed by atoms with Crippen molar-refractivity contribution in [3.05, 3.63) is 35.1 Å². The second kappa shape index (κ2) is 6.97. The summed E-state index contributed by atoms with van der Waals surface area (Å²) in [7, 11) is 0. The van der Waals surface area contributed by atoms with E-state index in [9.17, 15) is 9.18 Å². The first-order valence-corrected chi connectivity index (χ1v) is 5.88. The lowest BCUT2D eigenvalue weighted by Crippen LogP contribution is -2.07. The summed E-state index contributed by atoms with van der Waals surface area (Å²) in [5.74, 6) is 5.11. The zero-order valence-electron chi connectivity index (χ0n) is 9.50. The van der Waals surface area contributed by atoms with E-state index in [0.29, 0.717) is 17.7 Å². The van der Waals surface area contributed by atoms with Crippen LogP contribution < -0.4 is 0 Å². The summed E-state index contributed by atoms with van der Waals surface area (Å²) in [5.41, 5.74) is 0.515.